The number of aromatic nitrogens is 1. The van der Waals surface area contributed by atoms with Gasteiger partial charge < -0.3 is 9.94 Å². The second-order valence-electron chi connectivity index (χ2n) is 2.44. The monoisotopic (exact) mass is 153 g/mol. The van der Waals surface area contributed by atoms with Gasteiger partial charge in [-0.05, 0) is 13.0 Å². The molecule has 0 aromatic carbocycles. The van der Waals surface area contributed by atoms with Crippen molar-refractivity contribution in [2.24, 2.45) is 0 Å². The van der Waals surface area contributed by atoms with Crippen LogP contribution in [0.15, 0.2) is 12.1 Å². The van der Waals surface area contributed by atoms with Gasteiger partial charge in [-0.25, -0.2) is 0 Å². The third-order valence-electron chi connectivity index (χ3n) is 1.76. The van der Waals surface area contributed by atoms with Crippen molar-refractivity contribution in [3.05, 3.63) is 28.6 Å². The average molecular weight is 153 g/mol. The first-order valence-corrected chi connectivity index (χ1v) is 3.40. The summed E-state index contributed by atoms with van der Waals surface area (Å²) in [4.78, 5) is 0. The second kappa shape index (κ2) is 2.78. The zero-order chi connectivity index (χ0) is 8.43. The molecule has 0 aliphatic carbocycles. The second-order valence-corrected chi connectivity index (χ2v) is 2.44. The van der Waals surface area contributed by atoms with Crippen LogP contribution in [-0.2, 0) is 0 Å². The summed E-state index contributed by atoms with van der Waals surface area (Å²) in [6.45, 7) is 3.66. The van der Waals surface area contributed by atoms with Gasteiger partial charge in [-0.3, -0.25) is 0 Å². The van der Waals surface area contributed by atoms with Crippen LogP contribution in [0.4, 0.5) is 0 Å². The van der Waals surface area contributed by atoms with E-state index in [0.717, 1.165) is 10.3 Å². The van der Waals surface area contributed by atoms with Crippen LogP contribution < -0.4 is 9.47 Å². The van der Waals surface area contributed by atoms with Gasteiger partial charge in [0.05, 0.1) is 13.2 Å². The standard InChI is InChI=1S/C8H11NO2/c1-6-4-5-8(11-3)9(10)7(6)2/h4-5H,1-3H3. The van der Waals surface area contributed by atoms with E-state index in [2.05, 4.69) is 0 Å². The maximum atomic E-state index is 11.2. The molecule has 0 unspecified atom stereocenters. The van der Waals surface area contributed by atoms with Gasteiger partial charge in [0.25, 0.3) is 0 Å². The summed E-state index contributed by atoms with van der Waals surface area (Å²) in [5, 5.41) is 11.2. The Morgan fingerprint density at radius 2 is 2.00 bits per heavy atom. The van der Waals surface area contributed by atoms with E-state index < -0.39 is 0 Å². The minimum atomic E-state index is 0.341. The summed E-state index contributed by atoms with van der Waals surface area (Å²) >= 11 is 0. The van der Waals surface area contributed by atoms with E-state index in [-0.39, 0.29) is 0 Å². The first kappa shape index (κ1) is 7.85. The largest absolute Gasteiger partial charge is 0.616 e. The van der Waals surface area contributed by atoms with Gasteiger partial charge in [-0.1, -0.05) is 0 Å². The number of methoxy groups -OCH3 is 1. The highest BCUT2D eigenvalue weighted by molar-refractivity contribution is 5.17. The number of hydrogen-bond donors (Lipinski definition) is 0. The van der Waals surface area contributed by atoms with Crippen LogP contribution in [0.2, 0.25) is 0 Å². The van der Waals surface area contributed by atoms with E-state index in [0.29, 0.717) is 11.6 Å². The van der Waals surface area contributed by atoms with Crippen molar-refractivity contribution >= 4 is 0 Å². The Kier molecular flexibility index (Phi) is 1.98. The van der Waals surface area contributed by atoms with Gasteiger partial charge in [-0.15, -0.1) is 4.73 Å². The van der Waals surface area contributed by atoms with Crippen LogP contribution in [0.1, 0.15) is 11.3 Å². The molecule has 0 spiro atoms. The minimum absolute atomic E-state index is 0.341. The molecular weight excluding hydrogens is 142 g/mol. The molecule has 1 heterocycles. The van der Waals surface area contributed by atoms with Crippen molar-refractivity contribution in [1.82, 2.24) is 0 Å². The molecule has 3 nitrogen and oxygen atoms in total. The van der Waals surface area contributed by atoms with Crippen LogP contribution >= 0.6 is 0 Å². The SMILES string of the molecule is COc1ccc(C)c(C)[n+]1[O-]. The smallest absolute Gasteiger partial charge is 0.379 e. The van der Waals surface area contributed by atoms with Crippen molar-refractivity contribution in [3.63, 3.8) is 0 Å². The maximum Gasteiger partial charge on any atom is 0.379 e. The third kappa shape index (κ3) is 1.27. The molecule has 0 N–H and O–H groups in total. The fourth-order valence-electron chi connectivity index (χ4n) is 0.861. The average Bonchev–Trinajstić information content (AvgIpc) is 2.01. The quantitative estimate of drug-likeness (QED) is 0.444. The highest BCUT2D eigenvalue weighted by Gasteiger charge is 2.09. The molecule has 1 aromatic rings. The summed E-state index contributed by atoms with van der Waals surface area (Å²) in [7, 11) is 1.48. The van der Waals surface area contributed by atoms with E-state index in [4.69, 9.17) is 4.74 Å². The molecule has 1 rings (SSSR count). The van der Waals surface area contributed by atoms with Gasteiger partial charge in [0.1, 0.15) is 0 Å². The summed E-state index contributed by atoms with van der Waals surface area (Å²) in [6.07, 6.45) is 0. The molecule has 0 fully saturated rings. The van der Waals surface area contributed by atoms with Crippen molar-refractivity contribution < 1.29 is 9.47 Å². The van der Waals surface area contributed by atoms with Crippen LogP contribution in [0, 0.1) is 19.1 Å². The van der Waals surface area contributed by atoms with Crippen molar-refractivity contribution in [2.75, 3.05) is 7.11 Å². The minimum Gasteiger partial charge on any atom is -0.616 e. The molecule has 0 aliphatic rings. The maximum absolute atomic E-state index is 11.2. The first-order chi connectivity index (χ1) is 5.16. The molecule has 0 amide bonds. The van der Waals surface area contributed by atoms with Crippen LogP contribution in [0.3, 0.4) is 0 Å². The van der Waals surface area contributed by atoms with E-state index in [1.807, 2.05) is 13.0 Å². The van der Waals surface area contributed by atoms with E-state index >= 15 is 0 Å². The number of pyridine rings is 1. The van der Waals surface area contributed by atoms with Crippen molar-refractivity contribution in [1.29, 1.82) is 0 Å². The molecule has 0 radical (unpaired) electrons. The van der Waals surface area contributed by atoms with Crippen LogP contribution in [-0.4, -0.2) is 7.11 Å². The van der Waals surface area contributed by atoms with Gasteiger partial charge in [0.15, 0.2) is 5.69 Å². The number of rotatable bonds is 1. The predicted molar refractivity (Wildman–Crippen MR) is 41.4 cm³/mol. The molecule has 0 saturated carbocycles. The highest BCUT2D eigenvalue weighted by atomic mass is 16.5. The first-order valence-electron chi connectivity index (χ1n) is 3.40. The summed E-state index contributed by atoms with van der Waals surface area (Å²) < 4.78 is 5.62. The Hall–Kier alpha value is -1.25. The molecule has 0 aliphatic heterocycles. The molecule has 11 heavy (non-hydrogen) atoms. The molecule has 0 saturated heterocycles. The number of hydrogen-bond acceptors (Lipinski definition) is 2. The number of nitrogens with zero attached hydrogens (tertiary/aromatic N) is 1. The number of aryl methyl sites for hydroxylation is 1. The molecule has 1 aromatic heterocycles. The fourth-order valence-corrected chi connectivity index (χ4v) is 0.861. The predicted octanol–water partition coefficient (Wildman–Crippen LogP) is 0.945. The lowest BCUT2D eigenvalue weighted by atomic mass is 10.2. The van der Waals surface area contributed by atoms with Crippen molar-refractivity contribution in [3.8, 4) is 5.88 Å². The van der Waals surface area contributed by atoms with Crippen LogP contribution in [0.25, 0.3) is 0 Å². The van der Waals surface area contributed by atoms with Gasteiger partial charge in [-0.2, -0.15) is 0 Å². The summed E-state index contributed by atoms with van der Waals surface area (Å²) in [5.41, 5.74) is 1.66. The fraction of sp³-hybridized carbons (Fsp3) is 0.375. The zero-order valence-electron chi connectivity index (χ0n) is 6.92. The lowest BCUT2D eigenvalue weighted by Crippen LogP contribution is -2.32. The normalized spacial score (nSPS) is 9.73. The summed E-state index contributed by atoms with van der Waals surface area (Å²) in [5.74, 6) is 0.341. The Labute approximate surface area is 65.8 Å². The van der Waals surface area contributed by atoms with E-state index in [1.165, 1.54) is 7.11 Å². The number of ether oxygens (including phenoxy) is 1. The summed E-state index contributed by atoms with van der Waals surface area (Å²) in [6, 6.07) is 3.53. The molecule has 0 bridgehead atoms. The van der Waals surface area contributed by atoms with E-state index in [9.17, 15) is 5.21 Å². The lowest BCUT2D eigenvalue weighted by Gasteiger charge is -2.06. The third-order valence-corrected chi connectivity index (χ3v) is 1.76. The van der Waals surface area contributed by atoms with Gasteiger partial charge in [0, 0.05) is 12.5 Å². The Bertz CT molecular complexity index is 271. The van der Waals surface area contributed by atoms with Gasteiger partial charge >= 0.3 is 5.88 Å². The highest BCUT2D eigenvalue weighted by Crippen LogP contribution is 2.07. The van der Waals surface area contributed by atoms with Crippen molar-refractivity contribution in [2.45, 2.75) is 13.8 Å². The zero-order valence-corrected chi connectivity index (χ0v) is 6.92. The van der Waals surface area contributed by atoms with E-state index in [1.54, 1.807) is 13.0 Å². The molecule has 0 atom stereocenters. The molecule has 60 valence electrons. The van der Waals surface area contributed by atoms with Gasteiger partial charge in [0.2, 0.25) is 0 Å². The van der Waals surface area contributed by atoms with Crippen LogP contribution in [0.5, 0.6) is 5.88 Å². The molecular formula is C8H11NO2. The Morgan fingerprint density at radius 1 is 1.36 bits per heavy atom. The topological polar surface area (TPSA) is 36.2 Å². The lowest BCUT2D eigenvalue weighted by molar-refractivity contribution is -0.619. The molecule has 3 heteroatoms. The Balaban J connectivity index is 3.25. The Morgan fingerprint density at radius 3 is 2.55 bits per heavy atom.